The van der Waals surface area contributed by atoms with E-state index in [2.05, 4.69) is 31.9 Å². The highest BCUT2D eigenvalue weighted by atomic mass is 16.6. The Bertz CT molecular complexity index is 2140. The molecule has 364 valence electrons. The number of carbonyl (C=O) groups excluding carboxylic acids is 7. The van der Waals surface area contributed by atoms with E-state index in [1.807, 2.05) is 48.5 Å². The average Bonchev–Trinajstić information content (AvgIpc) is 3.71. The van der Waals surface area contributed by atoms with Crippen LogP contribution in [-0.2, 0) is 43.0 Å². The van der Waals surface area contributed by atoms with Crippen LogP contribution >= 0.6 is 0 Å². The highest BCUT2D eigenvalue weighted by Gasteiger charge is 2.73. The van der Waals surface area contributed by atoms with Crippen molar-refractivity contribution in [3.05, 3.63) is 59.7 Å². The number of carboxylic acid groups (broad SMARTS) is 1. The van der Waals surface area contributed by atoms with Crippen LogP contribution in [-0.4, -0.2) is 138 Å². The quantitative estimate of drug-likeness (QED) is 0.0460. The first-order chi connectivity index (χ1) is 31.8. The monoisotopic (exact) mass is 936 g/mol. The first-order valence-electron chi connectivity index (χ1n) is 22.3. The summed E-state index contributed by atoms with van der Waals surface area (Å²) in [6.07, 6.45) is -5.81. The minimum absolute atomic E-state index is 0.0264. The first kappa shape index (κ1) is 50.1. The van der Waals surface area contributed by atoms with Gasteiger partial charge in [-0.2, -0.15) is 0 Å². The Morgan fingerprint density at radius 3 is 1.99 bits per heavy atom. The number of urea groups is 1. The Morgan fingerprint density at radius 1 is 0.776 bits per heavy atom. The van der Waals surface area contributed by atoms with Crippen LogP contribution in [0.25, 0.3) is 11.1 Å². The van der Waals surface area contributed by atoms with Gasteiger partial charge in [0.2, 0.25) is 29.5 Å². The van der Waals surface area contributed by atoms with Gasteiger partial charge in [-0.3, -0.25) is 28.8 Å². The molecule has 2 bridgehead atoms. The summed E-state index contributed by atoms with van der Waals surface area (Å²) in [7, 11) is 0. The Hall–Kier alpha value is -6.36. The van der Waals surface area contributed by atoms with Crippen molar-refractivity contribution < 1.29 is 67.9 Å². The molecule has 67 heavy (non-hydrogen) atoms. The van der Waals surface area contributed by atoms with Crippen LogP contribution in [0.2, 0.25) is 0 Å². The Balaban J connectivity index is 1.10. The summed E-state index contributed by atoms with van der Waals surface area (Å²) in [5.74, 6) is -5.44. The van der Waals surface area contributed by atoms with Crippen LogP contribution in [0, 0.1) is 11.3 Å². The number of nitrogens with one attached hydrogen (secondary N) is 6. The van der Waals surface area contributed by atoms with Gasteiger partial charge in [0.15, 0.2) is 0 Å². The molecule has 1 heterocycles. The molecule has 0 radical (unpaired) electrons. The zero-order valence-electron chi connectivity index (χ0n) is 37.3. The molecule has 0 unspecified atom stereocenters. The number of carbonyl (C=O) groups is 8. The summed E-state index contributed by atoms with van der Waals surface area (Å²) in [5.41, 5.74) is 12.9. The van der Waals surface area contributed by atoms with Crippen LogP contribution in [0.15, 0.2) is 48.5 Å². The lowest BCUT2D eigenvalue weighted by Gasteiger charge is -2.66. The van der Waals surface area contributed by atoms with Crippen molar-refractivity contribution in [2.24, 2.45) is 22.8 Å². The Morgan fingerprint density at radius 2 is 1.39 bits per heavy atom. The number of rotatable bonds is 24. The number of benzene rings is 2. The zero-order chi connectivity index (χ0) is 48.6. The molecule has 8 amide bonds. The molecular formula is C45H60N8O14. The van der Waals surface area contributed by atoms with Gasteiger partial charge in [0.25, 0.3) is 0 Å². The van der Waals surface area contributed by atoms with E-state index in [0.717, 1.165) is 22.3 Å². The molecule has 2 aromatic rings. The number of aliphatic carboxylic acids is 1. The summed E-state index contributed by atoms with van der Waals surface area (Å²) in [4.78, 5) is 102. The number of primary amides is 2. The molecule has 2 aromatic carbocycles. The fourth-order valence-corrected chi connectivity index (χ4v) is 9.29. The van der Waals surface area contributed by atoms with E-state index in [0.29, 0.717) is 19.3 Å². The smallest absolute Gasteiger partial charge is 0.407 e. The minimum atomic E-state index is -1.45. The molecule has 22 heteroatoms. The average molecular weight is 937 g/mol. The molecule has 4 fully saturated rings. The Labute approximate surface area is 386 Å². The number of aliphatic hydroxyl groups is 2. The van der Waals surface area contributed by atoms with Crippen molar-refractivity contribution in [2.45, 2.75) is 119 Å². The van der Waals surface area contributed by atoms with Gasteiger partial charge in [-0.1, -0.05) is 62.4 Å². The third kappa shape index (κ3) is 12.0. The molecule has 1 saturated heterocycles. The number of amides is 8. The van der Waals surface area contributed by atoms with Gasteiger partial charge in [-0.15, -0.1) is 0 Å². The van der Waals surface area contributed by atoms with E-state index in [1.165, 1.54) is 0 Å². The number of hydrogen-bond acceptors (Lipinski definition) is 13. The summed E-state index contributed by atoms with van der Waals surface area (Å²) < 4.78 is 17.0. The largest absolute Gasteiger partial charge is 0.481 e. The second kappa shape index (κ2) is 21.5. The fraction of sp³-hybridized carbons (Fsp3) is 0.556. The molecular weight excluding hydrogens is 877 g/mol. The summed E-state index contributed by atoms with van der Waals surface area (Å²) in [5, 5.41) is 45.6. The lowest BCUT2D eigenvalue weighted by Crippen LogP contribution is -2.71. The van der Waals surface area contributed by atoms with Crippen molar-refractivity contribution in [3.63, 3.8) is 0 Å². The third-order valence-electron chi connectivity index (χ3n) is 12.9. The number of fused-ring (bicyclic) bond motifs is 3. The number of alkyl carbamates (subject to hydrolysis) is 1. The maximum Gasteiger partial charge on any atom is 0.407 e. The normalized spacial score (nSPS) is 24.6. The number of aliphatic hydroxyl groups excluding tert-OH is 2. The van der Waals surface area contributed by atoms with E-state index in [4.69, 9.17) is 25.7 Å². The van der Waals surface area contributed by atoms with E-state index >= 15 is 0 Å². The van der Waals surface area contributed by atoms with Gasteiger partial charge in [0.1, 0.15) is 49.8 Å². The van der Waals surface area contributed by atoms with Gasteiger partial charge in [0.05, 0.1) is 23.5 Å². The predicted molar refractivity (Wildman–Crippen MR) is 235 cm³/mol. The molecule has 0 aromatic heterocycles. The lowest BCUT2D eigenvalue weighted by molar-refractivity contribution is -0.283. The van der Waals surface area contributed by atoms with Crippen LogP contribution in [0.5, 0.6) is 0 Å². The molecule has 13 N–H and O–H groups in total. The number of carboxylic acids is 1. The molecule has 4 aliphatic carbocycles. The number of ether oxygens (including phenoxy) is 3. The summed E-state index contributed by atoms with van der Waals surface area (Å²) in [6.45, 7) is 2.75. The van der Waals surface area contributed by atoms with Crippen LogP contribution in [0.3, 0.4) is 0 Å². The standard InChI is InChI=1S/C45H60N8O14/c1-23(2)35(40(60)51-29(12-7-15-48-42(47)63)38(58)50-22-66-45-19-44(20-45,21-45)41(61)62)53-39(59)30(13-14-34(55)49-17-32-37(57)36(56)31(67-32)16-33(46)54)52-43(64)65-18-28-26-10-5-3-8-24(26)25-9-4-6-11-27(25)28/h3-6,8-11,23,28-32,35-37,56-57H,7,12-22H2,1-2H3,(H2,46,54)(H,49,55)(H,50,58)(H,51,60)(H,52,64)(H,53,59)(H,61,62)(H3,47,48,63)/t29-,30-,31-,32+,35-,36-,37+,44?,45?/m0/s1. The van der Waals surface area contributed by atoms with Crippen LogP contribution in [0.4, 0.5) is 9.59 Å². The van der Waals surface area contributed by atoms with E-state index in [9.17, 15) is 53.7 Å². The van der Waals surface area contributed by atoms with Gasteiger partial charge in [-0.25, -0.2) is 9.59 Å². The predicted octanol–water partition coefficient (Wildman–Crippen LogP) is -0.674. The maximum absolute atomic E-state index is 14.1. The van der Waals surface area contributed by atoms with Gasteiger partial charge in [-0.05, 0) is 66.7 Å². The fourth-order valence-electron chi connectivity index (χ4n) is 9.29. The van der Waals surface area contributed by atoms with Crippen molar-refractivity contribution in [2.75, 3.05) is 26.4 Å². The molecule has 3 saturated carbocycles. The van der Waals surface area contributed by atoms with Crippen LogP contribution in [0.1, 0.15) is 82.3 Å². The number of hydrogen-bond donors (Lipinski definition) is 11. The van der Waals surface area contributed by atoms with Gasteiger partial charge >= 0.3 is 18.1 Å². The lowest BCUT2D eigenvalue weighted by atomic mass is 9.41. The SMILES string of the molecule is CC(C)[C@H](NC(=O)[C@H](CCC(=O)NC[C@H]1O[C@@H](CC(N)=O)[C@H](O)[C@@H]1O)NC(=O)OCC1c2ccccc2-c2ccccc21)C(=O)N[C@@H](CCCNC(N)=O)C(=O)NCOC12CC(C(=O)O)(C1)C2. The maximum atomic E-state index is 14.1. The van der Waals surface area contributed by atoms with E-state index in [-0.39, 0.29) is 64.4 Å². The molecule has 22 nitrogen and oxygen atoms in total. The molecule has 5 aliphatic rings. The first-order valence-corrected chi connectivity index (χ1v) is 22.3. The van der Waals surface area contributed by atoms with Gasteiger partial charge < -0.3 is 72.9 Å². The molecule has 7 rings (SSSR count). The molecule has 7 atom stereocenters. The highest BCUT2D eigenvalue weighted by molar-refractivity contribution is 5.94. The van der Waals surface area contributed by atoms with Crippen molar-refractivity contribution >= 4 is 47.6 Å². The minimum Gasteiger partial charge on any atom is -0.481 e. The zero-order valence-corrected chi connectivity index (χ0v) is 37.3. The van der Waals surface area contributed by atoms with Crippen molar-refractivity contribution in [3.8, 4) is 11.1 Å². The van der Waals surface area contributed by atoms with Gasteiger partial charge in [0, 0.05) is 25.4 Å². The van der Waals surface area contributed by atoms with E-state index < -0.39 is 107 Å². The topological polar surface area (TPSA) is 349 Å². The summed E-state index contributed by atoms with van der Waals surface area (Å²) >= 11 is 0. The van der Waals surface area contributed by atoms with Crippen LogP contribution < -0.4 is 43.4 Å². The molecule has 0 spiro atoms. The Kier molecular flexibility index (Phi) is 16.1. The molecule has 1 aliphatic heterocycles. The number of nitrogens with two attached hydrogens (primary N) is 2. The van der Waals surface area contributed by atoms with Crippen molar-refractivity contribution in [1.29, 1.82) is 0 Å². The summed E-state index contributed by atoms with van der Waals surface area (Å²) in [6, 6.07) is 10.7. The van der Waals surface area contributed by atoms with Crippen molar-refractivity contribution in [1.82, 2.24) is 31.9 Å². The second-order valence-corrected chi connectivity index (χ2v) is 18.1. The third-order valence-corrected chi connectivity index (χ3v) is 12.9. The highest BCUT2D eigenvalue weighted by Crippen LogP contribution is 2.69. The second-order valence-electron chi connectivity index (χ2n) is 18.1. The van der Waals surface area contributed by atoms with E-state index in [1.54, 1.807) is 13.8 Å².